The highest BCUT2D eigenvalue weighted by molar-refractivity contribution is 6.32. The van der Waals surface area contributed by atoms with E-state index in [0.29, 0.717) is 23.6 Å². The predicted molar refractivity (Wildman–Crippen MR) is 77.0 cm³/mol. The molecule has 0 aromatic heterocycles. The molecular weight excluding hydrogens is 281 g/mol. The van der Waals surface area contributed by atoms with Crippen molar-refractivity contribution in [1.29, 1.82) is 0 Å². The summed E-state index contributed by atoms with van der Waals surface area (Å²) in [7, 11) is 1.59. The number of likely N-dealkylation sites (N-methyl/N-ethyl adjacent to an activating group) is 1. The zero-order chi connectivity index (χ0) is 14.9. The third-order valence-corrected chi connectivity index (χ3v) is 4.25. The maximum absolute atomic E-state index is 13.9. The summed E-state index contributed by atoms with van der Waals surface area (Å²) < 4.78 is 13.9. The van der Waals surface area contributed by atoms with Gasteiger partial charge in [0.1, 0.15) is 5.82 Å². The van der Waals surface area contributed by atoms with Crippen molar-refractivity contribution >= 4 is 17.5 Å². The third-order valence-electron chi connectivity index (χ3n) is 3.73. The Balaban J connectivity index is 2.24. The van der Waals surface area contributed by atoms with E-state index in [9.17, 15) is 9.18 Å². The minimum absolute atomic E-state index is 0.0797. The quantitative estimate of drug-likeness (QED) is 0.888. The standard InChI is InChI=1S/C14H19ClFN3O/c1-8-3-4-11(16)10(13(8)15)7-19-6-9(17)5-12(19)14(20)18-2/h3-4,9,12H,5-7,17H2,1-2H3,(H,18,20)/t9-,12+/m1/s1. The lowest BCUT2D eigenvalue weighted by Crippen LogP contribution is -2.41. The topological polar surface area (TPSA) is 58.4 Å². The number of nitrogens with two attached hydrogens (primary N) is 1. The molecule has 0 radical (unpaired) electrons. The number of likely N-dealkylation sites (tertiary alicyclic amines) is 1. The number of aryl methyl sites for hydroxylation is 1. The number of hydrogen-bond donors (Lipinski definition) is 2. The maximum atomic E-state index is 13.9. The fourth-order valence-electron chi connectivity index (χ4n) is 2.62. The van der Waals surface area contributed by atoms with Crippen LogP contribution in [-0.4, -0.2) is 36.5 Å². The van der Waals surface area contributed by atoms with Gasteiger partial charge in [0.05, 0.1) is 11.1 Å². The number of benzene rings is 1. The van der Waals surface area contributed by atoms with Crippen LogP contribution in [-0.2, 0) is 11.3 Å². The molecule has 0 spiro atoms. The van der Waals surface area contributed by atoms with Crippen LogP contribution in [0, 0.1) is 12.7 Å². The molecule has 20 heavy (non-hydrogen) atoms. The van der Waals surface area contributed by atoms with Crippen LogP contribution in [0.25, 0.3) is 0 Å². The minimum Gasteiger partial charge on any atom is -0.358 e. The van der Waals surface area contributed by atoms with Gasteiger partial charge in [-0.3, -0.25) is 9.69 Å². The molecule has 1 aromatic carbocycles. The van der Waals surface area contributed by atoms with Gasteiger partial charge in [-0.25, -0.2) is 4.39 Å². The van der Waals surface area contributed by atoms with Crippen molar-refractivity contribution in [2.24, 2.45) is 5.73 Å². The van der Waals surface area contributed by atoms with Crippen molar-refractivity contribution < 1.29 is 9.18 Å². The number of hydrogen-bond acceptors (Lipinski definition) is 3. The number of carbonyl (C=O) groups excluding carboxylic acids is 1. The molecule has 1 heterocycles. The summed E-state index contributed by atoms with van der Waals surface area (Å²) in [6.45, 7) is 2.68. The monoisotopic (exact) mass is 299 g/mol. The molecule has 1 amide bonds. The molecule has 2 atom stereocenters. The molecule has 110 valence electrons. The predicted octanol–water partition coefficient (Wildman–Crippen LogP) is 1.44. The molecule has 0 saturated carbocycles. The molecule has 1 aromatic rings. The Morgan fingerprint density at radius 1 is 1.60 bits per heavy atom. The van der Waals surface area contributed by atoms with Crippen LogP contribution in [0.2, 0.25) is 5.02 Å². The summed E-state index contributed by atoms with van der Waals surface area (Å²) in [4.78, 5) is 13.7. The highest BCUT2D eigenvalue weighted by atomic mass is 35.5. The Labute approximate surface area is 123 Å². The normalized spacial score (nSPS) is 23.1. The number of nitrogens with one attached hydrogen (secondary N) is 1. The number of rotatable bonds is 3. The summed E-state index contributed by atoms with van der Waals surface area (Å²) in [6.07, 6.45) is 0.574. The molecule has 1 saturated heterocycles. The van der Waals surface area contributed by atoms with Gasteiger partial charge in [0.25, 0.3) is 0 Å². The summed E-state index contributed by atoms with van der Waals surface area (Å²) >= 11 is 6.18. The Morgan fingerprint density at radius 3 is 2.95 bits per heavy atom. The van der Waals surface area contributed by atoms with Crippen molar-refractivity contribution in [3.05, 3.63) is 34.1 Å². The highest BCUT2D eigenvalue weighted by Gasteiger charge is 2.35. The van der Waals surface area contributed by atoms with Gasteiger partial charge in [-0.1, -0.05) is 17.7 Å². The first-order valence-electron chi connectivity index (χ1n) is 6.58. The van der Waals surface area contributed by atoms with Gasteiger partial charge in [0, 0.05) is 31.7 Å². The van der Waals surface area contributed by atoms with Crippen LogP contribution in [0.5, 0.6) is 0 Å². The lowest BCUT2D eigenvalue weighted by molar-refractivity contribution is -0.125. The van der Waals surface area contributed by atoms with E-state index < -0.39 is 0 Å². The lowest BCUT2D eigenvalue weighted by atomic mass is 10.1. The van der Waals surface area contributed by atoms with Crippen molar-refractivity contribution in [2.45, 2.75) is 32.0 Å². The second-order valence-electron chi connectivity index (χ2n) is 5.21. The average Bonchev–Trinajstić information content (AvgIpc) is 2.79. The molecule has 6 heteroatoms. The van der Waals surface area contributed by atoms with E-state index >= 15 is 0 Å². The van der Waals surface area contributed by atoms with Crippen LogP contribution in [0.3, 0.4) is 0 Å². The van der Waals surface area contributed by atoms with Crippen molar-refractivity contribution in [3.63, 3.8) is 0 Å². The fourth-order valence-corrected chi connectivity index (χ4v) is 2.83. The zero-order valence-electron chi connectivity index (χ0n) is 11.6. The largest absolute Gasteiger partial charge is 0.358 e. The highest BCUT2D eigenvalue weighted by Crippen LogP contribution is 2.27. The Bertz CT molecular complexity index is 523. The van der Waals surface area contributed by atoms with Crippen molar-refractivity contribution in [2.75, 3.05) is 13.6 Å². The van der Waals surface area contributed by atoms with Gasteiger partial charge in [0.15, 0.2) is 0 Å². The Hall–Kier alpha value is -1.17. The van der Waals surface area contributed by atoms with Crippen molar-refractivity contribution in [3.8, 4) is 0 Å². The molecule has 1 aliphatic rings. The van der Waals surface area contributed by atoms with E-state index in [1.165, 1.54) is 6.07 Å². The smallest absolute Gasteiger partial charge is 0.237 e. The van der Waals surface area contributed by atoms with E-state index in [4.69, 9.17) is 17.3 Å². The molecule has 2 rings (SSSR count). The van der Waals surface area contributed by atoms with Crippen LogP contribution in [0.15, 0.2) is 12.1 Å². The van der Waals surface area contributed by atoms with Gasteiger partial charge in [-0.2, -0.15) is 0 Å². The van der Waals surface area contributed by atoms with Gasteiger partial charge in [-0.15, -0.1) is 0 Å². The molecule has 0 bridgehead atoms. The van der Waals surface area contributed by atoms with Gasteiger partial charge in [0.2, 0.25) is 5.91 Å². The SMILES string of the molecule is CNC(=O)[C@@H]1C[C@@H](N)CN1Cc1c(F)ccc(C)c1Cl. The summed E-state index contributed by atoms with van der Waals surface area (Å²) in [5.41, 5.74) is 7.17. The van der Waals surface area contributed by atoms with Gasteiger partial charge < -0.3 is 11.1 Å². The maximum Gasteiger partial charge on any atom is 0.237 e. The van der Waals surface area contributed by atoms with E-state index in [1.54, 1.807) is 13.1 Å². The lowest BCUT2D eigenvalue weighted by Gasteiger charge is -2.24. The second kappa shape index (κ2) is 6.08. The van der Waals surface area contributed by atoms with Gasteiger partial charge in [-0.05, 0) is 25.0 Å². The molecule has 1 aliphatic heterocycles. The molecule has 0 unspecified atom stereocenters. The first-order valence-corrected chi connectivity index (χ1v) is 6.96. The van der Waals surface area contributed by atoms with E-state index in [-0.39, 0.29) is 30.4 Å². The summed E-state index contributed by atoms with van der Waals surface area (Å²) in [6, 6.07) is 2.64. The molecule has 0 aliphatic carbocycles. The van der Waals surface area contributed by atoms with Gasteiger partial charge >= 0.3 is 0 Å². The molecule has 4 nitrogen and oxygen atoms in total. The fraction of sp³-hybridized carbons (Fsp3) is 0.500. The Morgan fingerprint density at radius 2 is 2.30 bits per heavy atom. The summed E-state index contributed by atoms with van der Waals surface area (Å²) in [5.74, 6) is -0.445. The van der Waals surface area contributed by atoms with Crippen LogP contribution in [0.4, 0.5) is 4.39 Å². The zero-order valence-corrected chi connectivity index (χ0v) is 12.4. The first kappa shape index (κ1) is 15.2. The molecule has 1 fully saturated rings. The number of halogens is 2. The number of amides is 1. The second-order valence-corrected chi connectivity index (χ2v) is 5.59. The van der Waals surface area contributed by atoms with Crippen LogP contribution < -0.4 is 11.1 Å². The number of carbonyl (C=O) groups is 1. The number of nitrogens with zero attached hydrogens (tertiary/aromatic N) is 1. The van der Waals surface area contributed by atoms with E-state index in [2.05, 4.69) is 5.32 Å². The van der Waals surface area contributed by atoms with E-state index in [1.807, 2.05) is 11.8 Å². The average molecular weight is 300 g/mol. The van der Waals surface area contributed by atoms with E-state index in [0.717, 1.165) is 5.56 Å². The van der Waals surface area contributed by atoms with Crippen molar-refractivity contribution in [1.82, 2.24) is 10.2 Å². The first-order chi connectivity index (χ1) is 9.43. The minimum atomic E-state index is -0.350. The third kappa shape index (κ3) is 2.95. The molecule has 3 N–H and O–H groups in total. The molecular formula is C14H19ClFN3O. The van der Waals surface area contributed by atoms with Crippen LogP contribution >= 0.6 is 11.6 Å². The Kier molecular flexibility index (Phi) is 4.62. The van der Waals surface area contributed by atoms with Crippen LogP contribution in [0.1, 0.15) is 17.5 Å². The summed E-state index contributed by atoms with van der Waals surface area (Å²) in [5, 5.41) is 3.04.